The Morgan fingerprint density at radius 3 is 2.45 bits per heavy atom. The molecule has 1 aromatic heterocycles. The van der Waals surface area contributed by atoms with Crippen molar-refractivity contribution in [3.8, 4) is 11.4 Å². The van der Waals surface area contributed by atoms with Crippen molar-refractivity contribution in [1.82, 2.24) is 30.0 Å². The molecular weight excluding hydrogens is 370 g/mol. The van der Waals surface area contributed by atoms with Gasteiger partial charge in [0.15, 0.2) is 5.82 Å². The van der Waals surface area contributed by atoms with Gasteiger partial charge < -0.3 is 15.0 Å². The van der Waals surface area contributed by atoms with E-state index in [1.54, 1.807) is 11.8 Å². The van der Waals surface area contributed by atoms with Crippen molar-refractivity contribution in [2.24, 2.45) is 0 Å². The number of aromatic nitrogens is 4. The zero-order valence-corrected chi connectivity index (χ0v) is 16.2. The summed E-state index contributed by atoms with van der Waals surface area (Å²) in [5, 5.41) is 15.0. The molecule has 2 aromatic carbocycles. The molecule has 3 aromatic rings. The van der Waals surface area contributed by atoms with E-state index in [0.29, 0.717) is 19.6 Å². The molecule has 0 saturated carbocycles. The Kier molecular flexibility index (Phi) is 5.66. The number of benzene rings is 2. The predicted octanol–water partition coefficient (Wildman–Crippen LogP) is 2.02. The quantitative estimate of drug-likeness (QED) is 0.714. The maximum atomic E-state index is 12.4. The SMILES string of the molecule is COc1ccc(-n2nnnc2CN2CCN(C(=O)Nc3ccccc3)CC2)cc1. The molecule has 0 bridgehead atoms. The summed E-state index contributed by atoms with van der Waals surface area (Å²) in [6.45, 7) is 3.45. The van der Waals surface area contributed by atoms with Gasteiger partial charge in [0.1, 0.15) is 5.75 Å². The van der Waals surface area contributed by atoms with Gasteiger partial charge in [0, 0.05) is 31.9 Å². The molecule has 0 radical (unpaired) electrons. The third kappa shape index (κ3) is 4.52. The lowest BCUT2D eigenvalue weighted by molar-refractivity contribution is 0.140. The highest BCUT2D eigenvalue weighted by Gasteiger charge is 2.23. The molecule has 9 heteroatoms. The molecule has 0 unspecified atom stereocenters. The standard InChI is InChI=1S/C20H23N7O2/c1-29-18-9-7-17(8-10-18)27-19(22-23-24-27)15-25-11-13-26(14-12-25)20(28)21-16-5-3-2-4-6-16/h2-10H,11-15H2,1H3,(H,21,28). The number of hydrogen-bond donors (Lipinski definition) is 1. The number of rotatable bonds is 5. The summed E-state index contributed by atoms with van der Waals surface area (Å²) in [5.74, 6) is 1.55. The van der Waals surface area contributed by atoms with Crippen LogP contribution in [0, 0.1) is 0 Å². The van der Waals surface area contributed by atoms with Crippen LogP contribution in [0.3, 0.4) is 0 Å². The molecule has 0 atom stereocenters. The lowest BCUT2D eigenvalue weighted by Crippen LogP contribution is -2.49. The van der Waals surface area contributed by atoms with Crippen LogP contribution in [0.25, 0.3) is 5.69 Å². The number of ether oxygens (including phenoxy) is 1. The van der Waals surface area contributed by atoms with Gasteiger partial charge in [-0.15, -0.1) is 5.10 Å². The van der Waals surface area contributed by atoms with Crippen molar-refractivity contribution >= 4 is 11.7 Å². The van der Waals surface area contributed by atoms with Crippen LogP contribution < -0.4 is 10.1 Å². The lowest BCUT2D eigenvalue weighted by atomic mass is 10.3. The van der Waals surface area contributed by atoms with Crippen LogP contribution >= 0.6 is 0 Å². The number of hydrogen-bond acceptors (Lipinski definition) is 6. The minimum absolute atomic E-state index is 0.0704. The van der Waals surface area contributed by atoms with Crippen molar-refractivity contribution in [3.05, 3.63) is 60.4 Å². The van der Waals surface area contributed by atoms with Crippen LogP contribution in [0.15, 0.2) is 54.6 Å². The molecule has 29 heavy (non-hydrogen) atoms. The summed E-state index contributed by atoms with van der Waals surface area (Å²) in [4.78, 5) is 16.5. The van der Waals surface area contributed by atoms with Gasteiger partial charge in [0.2, 0.25) is 0 Å². The predicted molar refractivity (Wildman–Crippen MR) is 108 cm³/mol. The fourth-order valence-electron chi connectivity index (χ4n) is 3.26. The summed E-state index contributed by atoms with van der Waals surface area (Å²) < 4.78 is 6.93. The van der Waals surface area contributed by atoms with Gasteiger partial charge in [-0.3, -0.25) is 4.90 Å². The van der Waals surface area contributed by atoms with Crippen LogP contribution in [0.2, 0.25) is 0 Å². The number of amides is 2. The number of carbonyl (C=O) groups excluding carboxylic acids is 1. The first-order valence-electron chi connectivity index (χ1n) is 9.48. The first-order chi connectivity index (χ1) is 14.2. The third-order valence-electron chi connectivity index (χ3n) is 4.90. The van der Waals surface area contributed by atoms with E-state index in [4.69, 9.17) is 4.74 Å². The largest absolute Gasteiger partial charge is 0.497 e. The van der Waals surface area contributed by atoms with Crippen LogP contribution in [0.1, 0.15) is 5.82 Å². The molecule has 1 saturated heterocycles. The van der Waals surface area contributed by atoms with Gasteiger partial charge in [-0.25, -0.2) is 4.79 Å². The summed E-state index contributed by atoms with van der Waals surface area (Å²) in [5.41, 5.74) is 1.69. The summed E-state index contributed by atoms with van der Waals surface area (Å²) in [6.07, 6.45) is 0. The van der Waals surface area contributed by atoms with E-state index in [-0.39, 0.29) is 6.03 Å². The molecule has 2 amide bonds. The molecular formula is C20H23N7O2. The second-order valence-corrected chi connectivity index (χ2v) is 6.76. The number of methoxy groups -OCH3 is 1. The van der Waals surface area contributed by atoms with Crippen molar-refractivity contribution in [1.29, 1.82) is 0 Å². The van der Waals surface area contributed by atoms with Gasteiger partial charge in [-0.2, -0.15) is 4.68 Å². The topological polar surface area (TPSA) is 88.4 Å². The van der Waals surface area contributed by atoms with Crippen LogP contribution in [0.4, 0.5) is 10.5 Å². The molecule has 0 aliphatic carbocycles. The lowest BCUT2D eigenvalue weighted by Gasteiger charge is -2.34. The Bertz CT molecular complexity index is 935. The van der Waals surface area contributed by atoms with Crippen LogP contribution in [-0.4, -0.2) is 69.3 Å². The summed E-state index contributed by atoms with van der Waals surface area (Å²) in [7, 11) is 1.64. The fraction of sp³-hybridized carbons (Fsp3) is 0.300. The minimum Gasteiger partial charge on any atom is -0.497 e. The molecule has 4 rings (SSSR count). The number of urea groups is 1. The Hall–Kier alpha value is -3.46. The minimum atomic E-state index is -0.0704. The smallest absolute Gasteiger partial charge is 0.321 e. The normalized spacial score (nSPS) is 14.6. The van der Waals surface area contributed by atoms with Crippen molar-refractivity contribution in [2.45, 2.75) is 6.54 Å². The van der Waals surface area contributed by atoms with Crippen LogP contribution in [0.5, 0.6) is 5.75 Å². The third-order valence-corrected chi connectivity index (χ3v) is 4.90. The van der Waals surface area contributed by atoms with E-state index in [1.807, 2.05) is 59.5 Å². The molecule has 0 spiro atoms. The number of carbonyl (C=O) groups is 1. The highest BCUT2D eigenvalue weighted by Crippen LogP contribution is 2.16. The number of para-hydroxylation sites is 1. The zero-order chi connectivity index (χ0) is 20.1. The van der Waals surface area contributed by atoms with Gasteiger partial charge in [-0.05, 0) is 46.8 Å². The van der Waals surface area contributed by atoms with E-state index in [2.05, 4.69) is 25.7 Å². The number of nitrogens with one attached hydrogen (secondary N) is 1. The zero-order valence-electron chi connectivity index (χ0n) is 16.2. The van der Waals surface area contributed by atoms with Crippen molar-refractivity contribution in [2.75, 3.05) is 38.6 Å². The Morgan fingerprint density at radius 1 is 1.03 bits per heavy atom. The first-order valence-corrected chi connectivity index (χ1v) is 9.48. The number of piperazine rings is 1. The Balaban J connectivity index is 1.33. The number of tetrazole rings is 1. The average Bonchev–Trinajstić information content (AvgIpc) is 3.23. The van der Waals surface area contributed by atoms with Gasteiger partial charge in [0.25, 0.3) is 0 Å². The fourth-order valence-corrected chi connectivity index (χ4v) is 3.26. The van der Waals surface area contributed by atoms with E-state index < -0.39 is 0 Å². The van der Waals surface area contributed by atoms with Crippen molar-refractivity contribution < 1.29 is 9.53 Å². The van der Waals surface area contributed by atoms with Gasteiger partial charge >= 0.3 is 6.03 Å². The summed E-state index contributed by atoms with van der Waals surface area (Å²) >= 11 is 0. The molecule has 9 nitrogen and oxygen atoms in total. The average molecular weight is 393 g/mol. The Labute approximate surface area is 168 Å². The molecule has 1 N–H and O–H groups in total. The van der Waals surface area contributed by atoms with Gasteiger partial charge in [-0.1, -0.05) is 18.2 Å². The summed E-state index contributed by atoms with van der Waals surface area (Å²) in [6, 6.07) is 17.0. The van der Waals surface area contributed by atoms with Crippen LogP contribution in [-0.2, 0) is 6.54 Å². The highest BCUT2D eigenvalue weighted by molar-refractivity contribution is 5.89. The number of anilines is 1. The van der Waals surface area contributed by atoms with E-state index >= 15 is 0 Å². The second-order valence-electron chi connectivity index (χ2n) is 6.76. The first kappa shape index (κ1) is 18.9. The van der Waals surface area contributed by atoms with E-state index in [1.165, 1.54) is 0 Å². The number of nitrogens with zero attached hydrogens (tertiary/aromatic N) is 6. The molecule has 2 heterocycles. The monoisotopic (exact) mass is 393 g/mol. The molecule has 1 fully saturated rings. The van der Waals surface area contributed by atoms with Gasteiger partial charge in [0.05, 0.1) is 19.3 Å². The molecule has 150 valence electrons. The molecule has 1 aliphatic heterocycles. The maximum absolute atomic E-state index is 12.4. The molecule has 1 aliphatic rings. The van der Waals surface area contributed by atoms with Crippen molar-refractivity contribution in [3.63, 3.8) is 0 Å². The van der Waals surface area contributed by atoms with E-state index in [0.717, 1.165) is 36.0 Å². The second kappa shape index (κ2) is 8.70. The maximum Gasteiger partial charge on any atom is 0.321 e. The van der Waals surface area contributed by atoms with E-state index in [9.17, 15) is 4.79 Å². The highest BCUT2D eigenvalue weighted by atomic mass is 16.5. The Morgan fingerprint density at radius 2 is 1.76 bits per heavy atom.